The summed E-state index contributed by atoms with van der Waals surface area (Å²) in [6.45, 7) is 0.476. The van der Waals surface area contributed by atoms with E-state index in [9.17, 15) is 9.59 Å². The largest absolute Gasteiger partial charge is 0.352 e. The first kappa shape index (κ1) is 16.8. The van der Waals surface area contributed by atoms with Gasteiger partial charge in [0.05, 0.1) is 10.0 Å². The summed E-state index contributed by atoms with van der Waals surface area (Å²) >= 11 is 11.8. The fourth-order valence-electron chi connectivity index (χ4n) is 2.23. The van der Waals surface area contributed by atoms with Crippen LogP contribution < -0.4 is 10.6 Å². The minimum Gasteiger partial charge on any atom is -0.352 e. The van der Waals surface area contributed by atoms with Gasteiger partial charge in [0.15, 0.2) is 0 Å². The number of amides is 2. The molecule has 0 saturated heterocycles. The fraction of sp³-hybridized carbons (Fsp3) is 0.222. The van der Waals surface area contributed by atoms with Crippen LogP contribution >= 0.6 is 23.2 Å². The Bertz CT molecular complexity index is 771. The summed E-state index contributed by atoms with van der Waals surface area (Å²) in [5.41, 5.74) is 2.06. The van der Waals surface area contributed by atoms with Crippen molar-refractivity contribution >= 4 is 40.7 Å². The first-order valence-electron chi connectivity index (χ1n) is 7.66. The summed E-state index contributed by atoms with van der Waals surface area (Å²) in [7, 11) is 0. The number of benzene rings is 2. The van der Waals surface area contributed by atoms with Crippen molar-refractivity contribution in [3.05, 3.63) is 63.6 Å². The van der Waals surface area contributed by atoms with Crippen molar-refractivity contribution in [1.82, 2.24) is 5.32 Å². The Labute approximate surface area is 150 Å². The van der Waals surface area contributed by atoms with Crippen LogP contribution in [0.4, 0.5) is 5.69 Å². The van der Waals surface area contributed by atoms with Gasteiger partial charge in [0.1, 0.15) is 0 Å². The molecule has 0 unspecified atom stereocenters. The highest BCUT2D eigenvalue weighted by molar-refractivity contribution is 6.42. The molecule has 2 N–H and O–H groups in total. The SMILES string of the molecule is O=C(Nc1ccc(Cl)c(Cl)c1)c1ccc(CNC(=O)C2CC2)cc1. The molecular weight excluding hydrogens is 347 g/mol. The maximum Gasteiger partial charge on any atom is 0.255 e. The van der Waals surface area contributed by atoms with Crippen molar-refractivity contribution < 1.29 is 9.59 Å². The van der Waals surface area contributed by atoms with Gasteiger partial charge in [-0.05, 0) is 48.7 Å². The quantitative estimate of drug-likeness (QED) is 0.834. The molecule has 124 valence electrons. The molecule has 0 atom stereocenters. The molecule has 6 heteroatoms. The zero-order chi connectivity index (χ0) is 17.1. The molecule has 2 aromatic rings. The lowest BCUT2D eigenvalue weighted by Gasteiger charge is -2.08. The average Bonchev–Trinajstić information content (AvgIpc) is 3.41. The summed E-state index contributed by atoms with van der Waals surface area (Å²) in [6, 6.07) is 12.0. The van der Waals surface area contributed by atoms with Gasteiger partial charge in [0.25, 0.3) is 5.91 Å². The minimum atomic E-state index is -0.234. The van der Waals surface area contributed by atoms with Gasteiger partial charge in [-0.3, -0.25) is 9.59 Å². The molecule has 3 rings (SSSR count). The molecule has 0 spiro atoms. The van der Waals surface area contributed by atoms with Gasteiger partial charge >= 0.3 is 0 Å². The molecule has 1 saturated carbocycles. The topological polar surface area (TPSA) is 58.2 Å². The van der Waals surface area contributed by atoms with Gasteiger partial charge in [-0.2, -0.15) is 0 Å². The Kier molecular flexibility index (Phi) is 5.07. The predicted molar refractivity (Wildman–Crippen MR) is 95.4 cm³/mol. The number of nitrogens with one attached hydrogen (secondary N) is 2. The van der Waals surface area contributed by atoms with Gasteiger partial charge in [-0.25, -0.2) is 0 Å². The van der Waals surface area contributed by atoms with E-state index >= 15 is 0 Å². The van der Waals surface area contributed by atoms with Gasteiger partial charge < -0.3 is 10.6 Å². The fourth-order valence-corrected chi connectivity index (χ4v) is 2.53. The van der Waals surface area contributed by atoms with Crippen molar-refractivity contribution in [2.45, 2.75) is 19.4 Å². The number of rotatable bonds is 5. The molecule has 0 aliphatic heterocycles. The van der Waals surface area contributed by atoms with E-state index in [1.54, 1.807) is 30.3 Å². The summed E-state index contributed by atoms with van der Waals surface area (Å²) in [5.74, 6) is 0.0691. The molecular formula is C18H16Cl2N2O2. The van der Waals surface area contributed by atoms with Crippen LogP contribution in [0.3, 0.4) is 0 Å². The van der Waals surface area contributed by atoms with Gasteiger partial charge in [0, 0.05) is 23.7 Å². The molecule has 1 aliphatic carbocycles. The number of carbonyl (C=O) groups is 2. The maximum atomic E-state index is 12.2. The monoisotopic (exact) mass is 362 g/mol. The third kappa shape index (κ3) is 4.28. The Morgan fingerprint density at radius 3 is 2.33 bits per heavy atom. The summed E-state index contributed by atoms with van der Waals surface area (Å²) < 4.78 is 0. The van der Waals surface area contributed by atoms with Gasteiger partial charge in [-0.15, -0.1) is 0 Å². The molecule has 1 aliphatic rings. The van der Waals surface area contributed by atoms with E-state index < -0.39 is 0 Å². The minimum absolute atomic E-state index is 0.108. The second-order valence-corrected chi connectivity index (χ2v) is 6.59. The molecule has 1 fully saturated rings. The van der Waals surface area contributed by atoms with E-state index in [0.29, 0.717) is 27.8 Å². The van der Waals surface area contributed by atoms with Crippen LogP contribution in [-0.2, 0) is 11.3 Å². The number of carbonyl (C=O) groups excluding carboxylic acids is 2. The normalized spacial score (nSPS) is 13.4. The van der Waals surface area contributed by atoms with Crippen LogP contribution in [0.1, 0.15) is 28.8 Å². The van der Waals surface area contributed by atoms with E-state index in [2.05, 4.69) is 10.6 Å². The third-order valence-corrected chi connectivity index (χ3v) is 4.55. The van der Waals surface area contributed by atoms with Crippen molar-refractivity contribution in [1.29, 1.82) is 0 Å². The van der Waals surface area contributed by atoms with E-state index in [1.807, 2.05) is 12.1 Å². The second kappa shape index (κ2) is 7.24. The maximum absolute atomic E-state index is 12.2. The third-order valence-electron chi connectivity index (χ3n) is 3.81. The lowest BCUT2D eigenvalue weighted by atomic mass is 10.1. The van der Waals surface area contributed by atoms with E-state index in [0.717, 1.165) is 18.4 Å². The molecule has 4 nitrogen and oxygen atoms in total. The van der Waals surface area contributed by atoms with Gasteiger partial charge in [-0.1, -0.05) is 35.3 Å². The number of hydrogen-bond donors (Lipinski definition) is 2. The summed E-state index contributed by atoms with van der Waals surface area (Å²) in [6.07, 6.45) is 1.97. The zero-order valence-corrected chi connectivity index (χ0v) is 14.3. The van der Waals surface area contributed by atoms with Crippen LogP contribution in [-0.4, -0.2) is 11.8 Å². The summed E-state index contributed by atoms with van der Waals surface area (Å²) in [5, 5.41) is 6.48. The lowest BCUT2D eigenvalue weighted by Crippen LogP contribution is -2.24. The zero-order valence-electron chi connectivity index (χ0n) is 12.8. The van der Waals surface area contributed by atoms with Crippen molar-refractivity contribution in [2.75, 3.05) is 5.32 Å². The average molecular weight is 363 g/mol. The molecule has 24 heavy (non-hydrogen) atoms. The second-order valence-electron chi connectivity index (χ2n) is 5.77. The lowest BCUT2D eigenvalue weighted by molar-refractivity contribution is -0.122. The summed E-state index contributed by atoms with van der Waals surface area (Å²) in [4.78, 5) is 23.8. The first-order chi connectivity index (χ1) is 11.5. The number of anilines is 1. The molecule has 2 amide bonds. The van der Waals surface area contributed by atoms with Gasteiger partial charge in [0.2, 0.25) is 5.91 Å². The first-order valence-corrected chi connectivity index (χ1v) is 8.41. The van der Waals surface area contributed by atoms with E-state index in [-0.39, 0.29) is 17.7 Å². The molecule has 0 heterocycles. The Morgan fingerprint density at radius 2 is 1.71 bits per heavy atom. The van der Waals surface area contributed by atoms with Crippen LogP contribution in [0.15, 0.2) is 42.5 Å². The number of halogens is 2. The molecule has 0 radical (unpaired) electrons. The van der Waals surface area contributed by atoms with Crippen molar-refractivity contribution in [3.8, 4) is 0 Å². The number of hydrogen-bond acceptors (Lipinski definition) is 2. The Morgan fingerprint density at radius 1 is 1.00 bits per heavy atom. The Hall–Kier alpha value is -2.04. The molecule has 0 aromatic heterocycles. The van der Waals surface area contributed by atoms with Crippen LogP contribution in [0.25, 0.3) is 0 Å². The van der Waals surface area contributed by atoms with E-state index in [1.165, 1.54) is 0 Å². The highest BCUT2D eigenvalue weighted by Crippen LogP contribution is 2.28. The highest BCUT2D eigenvalue weighted by Gasteiger charge is 2.29. The van der Waals surface area contributed by atoms with E-state index in [4.69, 9.17) is 23.2 Å². The van der Waals surface area contributed by atoms with Crippen LogP contribution in [0.5, 0.6) is 0 Å². The van der Waals surface area contributed by atoms with Crippen LogP contribution in [0, 0.1) is 5.92 Å². The highest BCUT2D eigenvalue weighted by atomic mass is 35.5. The molecule has 2 aromatic carbocycles. The van der Waals surface area contributed by atoms with Crippen molar-refractivity contribution in [2.24, 2.45) is 5.92 Å². The van der Waals surface area contributed by atoms with Crippen LogP contribution in [0.2, 0.25) is 10.0 Å². The predicted octanol–water partition coefficient (Wildman–Crippen LogP) is 4.27. The standard InChI is InChI=1S/C18H16Cl2N2O2/c19-15-8-7-14(9-16(15)20)22-18(24)13-3-1-11(2-4-13)10-21-17(23)12-5-6-12/h1-4,7-9,12H,5-6,10H2,(H,21,23)(H,22,24). The van der Waals surface area contributed by atoms with Crippen molar-refractivity contribution in [3.63, 3.8) is 0 Å². The molecule has 0 bridgehead atoms. The smallest absolute Gasteiger partial charge is 0.255 e. The Balaban J connectivity index is 1.58.